The molecule has 112 valence electrons. The lowest BCUT2D eigenvalue weighted by Gasteiger charge is -2.10. The van der Waals surface area contributed by atoms with Gasteiger partial charge in [0.15, 0.2) is 0 Å². The van der Waals surface area contributed by atoms with Gasteiger partial charge in [0.2, 0.25) is 0 Å². The molecule has 1 aromatic carbocycles. The Hall–Kier alpha value is -1.18. The summed E-state index contributed by atoms with van der Waals surface area (Å²) < 4.78 is 40.9. The average Bonchev–Trinajstić information content (AvgIpc) is 2.35. The quantitative estimate of drug-likeness (QED) is 0.640. The third-order valence-electron chi connectivity index (χ3n) is 2.64. The van der Waals surface area contributed by atoms with Crippen LogP contribution in [0.5, 0.6) is 0 Å². The molecule has 1 amide bonds. The lowest BCUT2D eigenvalue weighted by Crippen LogP contribution is -2.26. The highest BCUT2D eigenvalue weighted by Crippen LogP contribution is 2.24. The Labute approximate surface area is 121 Å². The van der Waals surface area contributed by atoms with E-state index in [1.807, 2.05) is 0 Å². The van der Waals surface area contributed by atoms with Crippen molar-refractivity contribution in [1.82, 2.24) is 5.32 Å². The number of carbonyl (C=O) groups excluding carboxylic acids is 1. The van der Waals surface area contributed by atoms with Crippen LogP contribution < -0.4 is 5.32 Å². The van der Waals surface area contributed by atoms with Gasteiger partial charge in [0, 0.05) is 36.5 Å². The second kappa shape index (κ2) is 7.01. The van der Waals surface area contributed by atoms with Crippen LogP contribution >= 0.6 is 10.7 Å². The first-order valence-corrected chi connectivity index (χ1v) is 8.10. The molecule has 0 spiro atoms. The van der Waals surface area contributed by atoms with E-state index in [-0.39, 0.29) is 11.1 Å². The number of methoxy groups -OCH3 is 1. The average molecular weight is 324 g/mol. The van der Waals surface area contributed by atoms with Crippen LogP contribution in [0.15, 0.2) is 17.0 Å². The fourth-order valence-corrected chi connectivity index (χ4v) is 2.87. The fraction of sp³-hybridized carbons (Fsp3) is 0.417. The smallest absolute Gasteiger partial charge is 0.261 e. The molecule has 0 saturated carbocycles. The number of benzene rings is 1. The van der Waals surface area contributed by atoms with Crippen LogP contribution in [0.2, 0.25) is 0 Å². The molecule has 0 aliphatic carbocycles. The van der Waals surface area contributed by atoms with Gasteiger partial charge in [0.05, 0.1) is 4.90 Å². The first-order valence-electron chi connectivity index (χ1n) is 5.79. The molecule has 8 heteroatoms. The van der Waals surface area contributed by atoms with E-state index in [0.29, 0.717) is 19.6 Å². The predicted molar refractivity (Wildman–Crippen MR) is 73.0 cm³/mol. The minimum absolute atomic E-state index is 0.0540. The van der Waals surface area contributed by atoms with Crippen LogP contribution in [0, 0.1) is 12.7 Å². The third-order valence-corrected chi connectivity index (χ3v) is 4.09. The highest BCUT2D eigenvalue weighted by Gasteiger charge is 2.20. The summed E-state index contributed by atoms with van der Waals surface area (Å²) in [7, 11) is 2.64. The Morgan fingerprint density at radius 2 is 2.10 bits per heavy atom. The molecule has 0 bridgehead atoms. The molecular weight excluding hydrogens is 309 g/mol. The summed E-state index contributed by atoms with van der Waals surface area (Å²) in [5.41, 5.74) is 0.0623. The molecule has 1 N–H and O–H groups in total. The van der Waals surface area contributed by atoms with E-state index in [1.54, 1.807) is 0 Å². The topological polar surface area (TPSA) is 72.5 Å². The lowest BCUT2D eigenvalue weighted by atomic mass is 10.1. The Kier molecular flexibility index (Phi) is 5.91. The molecule has 0 saturated heterocycles. The number of nitrogens with one attached hydrogen (secondary N) is 1. The molecule has 0 atom stereocenters. The van der Waals surface area contributed by atoms with E-state index >= 15 is 0 Å². The van der Waals surface area contributed by atoms with Gasteiger partial charge in [-0.1, -0.05) is 0 Å². The zero-order chi connectivity index (χ0) is 15.3. The van der Waals surface area contributed by atoms with Crippen molar-refractivity contribution in [2.45, 2.75) is 18.2 Å². The van der Waals surface area contributed by atoms with Crippen molar-refractivity contribution in [3.05, 3.63) is 29.1 Å². The molecule has 0 fully saturated rings. The van der Waals surface area contributed by atoms with Gasteiger partial charge in [-0.05, 0) is 31.0 Å². The monoisotopic (exact) mass is 323 g/mol. The van der Waals surface area contributed by atoms with Crippen LogP contribution in [0.3, 0.4) is 0 Å². The number of hydrogen-bond acceptors (Lipinski definition) is 4. The molecule has 1 rings (SSSR count). The summed E-state index contributed by atoms with van der Waals surface area (Å²) >= 11 is 0. The highest BCUT2D eigenvalue weighted by molar-refractivity contribution is 8.13. The fourth-order valence-electron chi connectivity index (χ4n) is 1.66. The number of hydrogen-bond donors (Lipinski definition) is 1. The largest absolute Gasteiger partial charge is 0.385 e. The standard InChI is InChI=1S/C12H15ClFNO4S/c1-8-10(12(16)15-4-3-5-19-2)6-9(14)7-11(8)20(13,17)18/h6-7H,3-5H2,1-2H3,(H,15,16). The second-order valence-corrected chi connectivity index (χ2v) is 6.65. The van der Waals surface area contributed by atoms with Gasteiger partial charge >= 0.3 is 0 Å². The van der Waals surface area contributed by atoms with Gasteiger partial charge in [-0.15, -0.1) is 0 Å². The second-order valence-electron chi connectivity index (χ2n) is 4.12. The van der Waals surface area contributed by atoms with Crippen molar-refractivity contribution in [3.8, 4) is 0 Å². The summed E-state index contributed by atoms with van der Waals surface area (Å²) in [5, 5.41) is 2.56. The normalized spacial score (nSPS) is 11.4. The molecule has 0 aromatic heterocycles. The highest BCUT2D eigenvalue weighted by atomic mass is 35.7. The van der Waals surface area contributed by atoms with E-state index in [0.717, 1.165) is 12.1 Å². The molecule has 0 heterocycles. The van der Waals surface area contributed by atoms with Crippen LogP contribution in [-0.4, -0.2) is 34.6 Å². The maximum absolute atomic E-state index is 13.4. The first-order chi connectivity index (χ1) is 9.27. The third kappa shape index (κ3) is 4.43. The Balaban J connectivity index is 3.01. The summed E-state index contributed by atoms with van der Waals surface area (Å²) in [6.45, 7) is 2.22. The van der Waals surface area contributed by atoms with Gasteiger partial charge in [-0.3, -0.25) is 4.79 Å². The minimum atomic E-state index is -4.11. The lowest BCUT2D eigenvalue weighted by molar-refractivity contribution is 0.0947. The Morgan fingerprint density at radius 1 is 1.45 bits per heavy atom. The maximum atomic E-state index is 13.4. The molecule has 1 aromatic rings. The van der Waals surface area contributed by atoms with Crippen LogP contribution in [0.1, 0.15) is 22.3 Å². The number of ether oxygens (including phenoxy) is 1. The van der Waals surface area contributed by atoms with E-state index in [9.17, 15) is 17.6 Å². The molecule has 0 aliphatic heterocycles. The SMILES string of the molecule is COCCCNC(=O)c1cc(F)cc(S(=O)(=O)Cl)c1C. The van der Waals surface area contributed by atoms with Gasteiger partial charge < -0.3 is 10.1 Å². The summed E-state index contributed by atoms with van der Waals surface area (Å²) in [6, 6.07) is 1.77. The minimum Gasteiger partial charge on any atom is -0.385 e. The predicted octanol–water partition coefficient (Wildman–Crippen LogP) is 1.83. The van der Waals surface area contributed by atoms with E-state index in [1.165, 1.54) is 14.0 Å². The molecular formula is C12H15ClFNO4S. The number of halogens is 2. The van der Waals surface area contributed by atoms with Crippen LogP contribution in [-0.2, 0) is 13.8 Å². The van der Waals surface area contributed by atoms with Gasteiger partial charge in [-0.25, -0.2) is 12.8 Å². The van der Waals surface area contributed by atoms with Gasteiger partial charge in [0.25, 0.3) is 15.0 Å². The molecule has 0 radical (unpaired) electrons. The molecule has 20 heavy (non-hydrogen) atoms. The van der Waals surface area contributed by atoms with E-state index in [4.69, 9.17) is 15.4 Å². The zero-order valence-corrected chi connectivity index (χ0v) is 12.6. The van der Waals surface area contributed by atoms with E-state index in [2.05, 4.69) is 5.32 Å². The molecule has 0 aliphatic rings. The molecule has 5 nitrogen and oxygen atoms in total. The van der Waals surface area contributed by atoms with E-state index < -0.39 is 25.7 Å². The van der Waals surface area contributed by atoms with Gasteiger partial charge in [-0.2, -0.15) is 0 Å². The summed E-state index contributed by atoms with van der Waals surface area (Å²) in [6.07, 6.45) is 0.595. The van der Waals surface area contributed by atoms with Crippen molar-refractivity contribution in [1.29, 1.82) is 0 Å². The van der Waals surface area contributed by atoms with Crippen LogP contribution in [0.25, 0.3) is 0 Å². The number of amides is 1. The van der Waals surface area contributed by atoms with Crippen molar-refractivity contribution in [2.75, 3.05) is 20.3 Å². The Morgan fingerprint density at radius 3 is 2.65 bits per heavy atom. The zero-order valence-electron chi connectivity index (χ0n) is 11.1. The maximum Gasteiger partial charge on any atom is 0.261 e. The van der Waals surface area contributed by atoms with Crippen molar-refractivity contribution in [2.24, 2.45) is 0 Å². The first kappa shape index (κ1) is 16.9. The van der Waals surface area contributed by atoms with Crippen molar-refractivity contribution >= 4 is 25.6 Å². The summed E-state index contributed by atoms with van der Waals surface area (Å²) in [5.74, 6) is -1.39. The summed E-state index contributed by atoms with van der Waals surface area (Å²) in [4.78, 5) is 11.5. The Bertz CT molecular complexity index is 604. The van der Waals surface area contributed by atoms with Gasteiger partial charge in [0.1, 0.15) is 5.82 Å². The van der Waals surface area contributed by atoms with Crippen molar-refractivity contribution < 1.29 is 22.3 Å². The number of carbonyl (C=O) groups is 1. The number of rotatable bonds is 6. The molecule has 0 unspecified atom stereocenters. The van der Waals surface area contributed by atoms with Crippen LogP contribution in [0.4, 0.5) is 4.39 Å². The van der Waals surface area contributed by atoms with Crippen molar-refractivity contribution in [3.63, 3.8) is 0 Å².